The Balaban J connectivity index is 2.10. The van der Waals surface area contributed by atoms with Crippen LogP contribution in [-0.4, -0.2) is 25.0 Å². The Kier molecular flexibility index (Phi) is 7.43. The molecular weight excluding hydrogens is 344 g/mol. The molecule has 0 saturated carbocycles. The molecule has 0 aliphatic rings. The molecule has 6 heteroatoms. The smallest absolute Gasteiger partial charge is 0.268 e. The molecule has 2 N–H and O–H groups in total. The van der Waals surface area contributed by atoms with Gasteiger partial charge in [-0.15, -0.1) is 6.58 Å². The van der Waals surface area contributed by atoms with Crippen LogP contribution < -0.4 is 15.4 Å². The molecule has 0 saturated heterocycles. The van der Waals surface area contributed by atoms with Crippen LogP contribution in [0.4, 0.5) is 0 Å². The van der Waals surface area contributed by atoms with E-state index in [4.69, 9.17) is 9.15 Å². The molecule has 1 heterocycles. The maximum Gasteiger partial charge on any atom is 0.268 e. The zero-order chi connectivity index (χ0) is 19.6. The lowest BCUT2D eigenvalue weighted by Crippen LogP contribution is -2.34. The molecule has 0 spiro atoms. The molecule has 0 aliphatic heterocycles. The van der Waals surface area contributed by atoms with E-state index in [0.717, 1.165) is 0 Å². The van der Waals surface area contributed by atoms with Gasteiger partial charge in [0.25, 0.3) is 11.8 Å². The van der Waals surface area contributed by atoms with Crippen molar-refractivity contribution in [3.05, 3.63) is 72.3 Å². The topological polar surface area (TPSA) is 80.6 Å². The van der Waals surface area contributed by atoms with E-state index in [2.05, 4.69) is 31.1 Å². The predicted octanol–water partition coefficient (Wildman–Crippen LogP) is 3.39. The van der Waals surface area contributed by atoms with E-state index in [-0.39, 0.29) is 12.2 Å². The van der Waals surface area contributed by atoms with Crippen molar-refractivity contribution >= 4 is 17.9 Å². The molecule has 2 amide bonds. The first kappa shape index (κ1) is 20.0. The van der Waals surface area contributed by atoms with E-state index in [1.54, 1.807) is 42.5 Å². The highest BCUT2D eigenvalue weighted by molar-refractivity contribution is 6.05. The van der Waals surface area contributed by atoms with Gasteiger partial charge < -0.3 is 19.8 Å². The first-order chi connectivity index (χ1) is 13.0. The summed E-state index contributed by atoms with van der Waals surface area (Å²) in [6.45, 7) is 8.57. The van der Waals surface area contributed by atoms with Crippen LogP contribution in [0.15, 0.2) is 65.4 Å². The van der Waals surface area contributed by atoms with Gasteiger partial charge in [-0.25, -0.2) is 0 Å². The number of carbonyl (C=O) groups is 2. The van der Waals surface area contributed by atoms with Crippen molar-refractivity contribution in [2.24, 2.45) is 5.92 Å². The molecule has 6 nitrogen and oxygen atoms in total. The number of hydrogen-bond acceptors (Lipinski definition) is 4. The summed E-state index contributed by atoms with van der Waals surface area (Å²) in [5.74, 6) is 0.719. The van der Waals surface area contributed by atoms with Crippen LogP contribution >= 0.6 is 0 Å². The second kappa shape index (κ2) is 10.0. The molecule has 142 valence electrons. The first-order valence-electron chi connectivity index (χ1n) is 8.68. The molecule has 0 radical (unpaired) electrons. The van der Waals surface area contributed by atoms with Gasteiger partial charge in [-0.1, -0.05) is 19.9 Å². The normalized spacial score (nSPS) is 11.1. The van der Waals surface area contributed by atoms with Gasteiger partial charge in [-0.3, -0.25) is 9.59 Å². The monoisotopic (exact) mass is 368 g/mol. The highest BCUT2D eigenvalue weighted by atomic mass is 16.5. The first-order valence-corrected chi connectivity index (χ1v) is 8.68. The quantitative estimate of drug-likeness (QED) is 0.525. The second-order valence-electron chi connectivity index (χ2n) is 6.26. The lowest BCUT2D eigenvalue weighted by molar-refractivity contribution is -0.117. The minimum atomic E-state index is -0.434. The van der Waals surface area contributed by atoms with Gasteiger partial charge in [0.1, 0.15) is 17.2 Å². The Morgan fingerprint density at radius 1 is 1.22 bits per heavy atom. The third-order valence-electron chi connectivity index (χ3n) is 3.43. The summed E-state index contributed by atoms with van der Waals surface area (Å²) in [4.78, 5) is 24.8. The fourth-order valence-electron chi connectivity index (χ4n) is 2.09. The molecule has 0 unspecified atom stereocenters. The Morgan fingerprint density at radius 3 is 2.56 bits per heavy atom. The number of carbonyl (C=O) groups excluding carboxylic acids is 2. The molecule has 1 aromatic heterocycles. The summed E-state index contributed by atoms with van der Waals surface area (Å²) in [7, 11) is 0. The minimum Gasteiger partial charge on any atom is -0.493 e. The van der Waals surface area contributed by atoms with Crippen molar-refractivity contribution in [1.29, 1.82) is 0 Å². The summed E-state index contributed by atoms with van der Waals surface area (Å²) in [5, 5.41) is 5.26. The van der Waals surface area contributed by atoms with E-state index in [1.807, 2.05) is 0 Å². The van der Waals surface area contributed by atoms with Gasteiger partial charge in [-0.2, -0.15) is 0 Å². The third kappa shape index (κ3) is 6.51. The van der Waals surface area contributed by atoms with E-state index < -0.39 is 11.8 Å². The number of nitrogens with one attached hydrogen (secondary N) is 2. The fourth-order valence-corrected chi connectivity index (χ4v) is 2.09. The maximum absolute atomic E-state index is 12.5. The number of amides is 2. The van der Waals surface area contributed by atoms with Gasteiger partial charge in [0.05, 0.1) is 12.9 Å². The minimum absolute atomic E-state index is 0.0805. The summed E-state index contributed by atoms with van der Waals surface area (Å²) < 4.78 is 10.8. The van der Waals surface area contributed by atoms with Crippen LogP contribution in [0.2, 0.25) is 0 Å². The summed E-state index contributed by atoms with van der Waals surface area (Å²) in [5.41, 5.74) is 0.491. The molecule has 27 heavy (non-hydrogen) atoms. The Hall–Kier alpha value is -3.28. The lowest BCUT2D eigenvalue weighted by Gasteiger charge is -2.11. The number of rotatable bonds is 9. The van der Waals surface area contributed by atoms with Crippen LogP contribution in [-0.2, 0) is 4.79 Å². The van der Waals surface area contributed by atoms with Crippen molar-refractivity contribution in [3.8, 4) is 5.75 Å². The van der Waals surface area contributed by atoms with Crippen molar-refractivity contribution in [2.75, 3.05) is 13.2 Å². The van der Waals surface area contributed by atoms with E-state index in [9.17, 15) is 9.59 Å². The second-order valence-corrected chi connectivity index (χ2v) is 6.26. The average Bonchev–Trinajstić information content (AvgIpc) is 3.17. The molecule has 0 bridgehead atoms. The number of hydrogen-bond donors (Lipinski definition) is 2. The van der Waals surface area contributed by atoms with Crippen LogP contribution in [0.1, 0.15) is 30.0 Å². The predicted molar refractivity (Wildman–Crippen MR) is 104 cm³/mol. The molecule has 1 aromatic carbocycles. The van der Waals surface area contributed by atoms with E-state index >= 15 is 0 Å². The van der Waals surface area contributed by atoms with E-state index in [1.165, 1.54) is 12.3 Å². The van der Waals surface area contributed by atoms with Crippen molar-refractivity contribution in [2.45, 2.75) is 13.8 Å². The zero-order valence-electron chi connectivity index (χ0n) is 15.5. The van der Waals surface area contributed by atoms with Gasteiger partial charge in [0.15, 0.2) is 0 Å². The highest BCUT2D eigenvalue weighted by Crippen LogP contribution is 2.14. The number of ether oxygens (including phenoxy) is 1. The standard InChI is InChI=1S/C21H24N2O4/c1-4-11-22-21(25)19(13-18-6-5-12-26-18)23-20(24)16-7-9-17(10-8-16)27-14-15(2)3/h4-10,12-13,15H,1,11,14H2,2-3H3,(H,22,25)(H,23,24)/b19-13-. The molecule has 2 rings (SSSR count). The summed E-state index contributed by atoms with van der Waals surface area (Å²) in [6.07, 6.45) is 4.51. The molecule has 0 atom stereocenters. The molecule has 0 aliphatic carbocycles. The van der Waals surface area contributed by atoms with Gasteiger partial charge in [0, 0.05) is 18.2 Å². The van der Waals surface area contributed by atoms with Crippen LogP contribution in [0.3, 0.4) is 0 Å². The number of furan rings is 1. The SMILES string of the molecule is C=CCNC(=O)/C(=C/c1ccco1)NC(=O)c1ccc(OCC(C)C)cc1. The zero-order valence-corrected chi connectivity index (χ0v) is 15.5. The summed E-state index contributed by atoms with van der Waals surface area (Å²) >= 11 is 0. The maximum atomic E-state index is 12.5. The van der Waals surface area contributed by atoms with Crippen molar-refractivity contribution in [3.63, 3.8) is 0 Å². The van der Waals surface area contributed by atoms with Gasteiger partial charge in [-0.05, 0) is 42.3 Å². The fraction of sp³-hybridized carbons (Fsp3) is 0.238. The summed E-state index contributed by atoms with van der Waals surface area (Å²) in [6, 6.07) is 10.1. The van der Waals surface area contributed by atoms with Crippen molar-refractivity contribution in [1.82, 2.24) is 10.6 Å². The van der Waals surface area contributed by atoms with Gasteiger partial charge in [0.2, 0.25) is 0 Å². The molecule has 2 aromatic rings. The third-order valence-corrected chi connectivity index (χ3v) is 3.43. The lowest BCUT2D eigenvalue weighted by atomic mass is 10.2. The van der Waals surface area contributed by atoms with Crippen LogP contribution in [0.25, 0.3) is 6.08 Å². The highest BCUT2D eigenvalue weighted by Gasteiger charge is 2.15. The van der Waals surface area contributed by atoms with Crippen molar-refractivity contribution < 1.29 is 18.7 Å². The van der Waals surface area contributed by atoms with Crippen LogP contribution in [0.5, 0.6) is 5.75 Å². The van der Waals surface area contributed by atoms with E-state index in [0.29, 0.717) is 29.6 Å². The van der Waals surface area contributed by atoms with Crippen LogP contribution in [0, 0.1) is 5.92 Å². The Morgan fingerprint density at radius 2 is 1.96 bits per heavy atom. The Bertz CT molecular complexity index is 790. The molecule has 0 fully saturated rings. The molecular formula is C21H24N2O4. The largest absolute Gasteiger partial charge is 0.493 e. The van der Waals surface area contributed by atoms with Gasteiger partial charge >= 0.3 is 0 Å². The average molecular weight is 368 g/mol. The number of benzene rings is 1. The Labute approximate surface area is 158 Å².